The zero-order valence-corrected chi connectivity index (χ0v) is 10.8. The highest BCUT2D eigenvalue weighted by Crippen LogP contribution is 2.31. The maximum absolute atomic E-state index is 10.8. The summed E-state index contributed by atoms with van der Waals surface area (Å²) >= 11 is 0. The molecule has 104 valence electrons. The molecule has 0 aliphatic heterocycles. The van der Waals surface area contributed by atoms with Crippen molar-refractivity contribution >= 4 is 21.5 Å². The van der Waals surface area contributed by atoms with Crippen LogP contribution in [0.25, 0.3) is 0 Å². The van der Waals surface area contributed by atoms with Crippen molar-refractivity contribution in [2.24, 2.45) is 10.2 Å². The second-order valence-corrected chi connectivity index (χ2v) is 5.26. The normalized spacial score (nSPS) is 11.8. The molecule has 0 unspecified atom stereocenters. The summed E-state index contributed by atoms with van der Waals surface area (Å²) in [6.07, 6.45) is 0. The van der Waals surface area contributed by atoms with E-state index < -0.39 is 10.1 Å². The Labute approximate surface area is 114 Å². The fourth-order valence-corrected chi connectivity index (χ4v) is 1.87. The van der Waals surface area contributed by atoms with E-state index in [9.17, 15) is 13.5 Å². The lowest BCUT2D eigenvalue weighted by atomic mass is 10.3. The van der Waals surface area contributed by atoms with Gasteiger partial charge in [-0.15, -0.1) is 5.11 Å². The number of rotatable bonds is 3. The molecule has 20 heavy (non-hydrogen) atoms. The Bertz CT molecular complexity index is 754. The van der Waals surface area contributed by atoms with Crippen molar-refractivity contribution in [1.82, 2.24) is 0 Å². The third kappa shape index (κ3) is 3.31. The second kappa shape index (κ2) is 5.27. The number of phenols is 2. The van der Waals surface area contributed by atoms with Crippen molar-refractivity contribution in [2.45, 2.75) is 4.90 Å². The molecule has 0 spiro atoms. The number of phenolic OH excluding ortho intramolecular Hbond substituents is 2. The maximum Gasteiger partial charge on any atom is 0.294 e. The van der Waals surface area contributed by atoms with Crippen molar-refractivity contribution in [3.8, 4) is 11.5 Å². The first-order chi connectivity index (χ1) is 9.36. The lowest BCUT2D eigenvalue weighted by Gasteiger charge is -1.99. The van der Waals surface area contributed by atoms with E-state index in [1.165, 1.54) is 36.4 Å². The van der Waals surface area contributed by atoms with Gasteiger partial charge in [-0.2, -0.15) is 13.5 Å². The first-order valence-corrected chi connectivity index (χ1v) is 6.81. The summed E-state index contributed by atoms with van der Waals surface area (Å²) in [5.74, 6) is -0.331. The van der Waals surface area contributed by atoms with Crippen LogP contribution in [0, 0.1) is 0 Å². The molecule has 0 fully saturated rings. The largest absolute Gasteiger partial charge is 0.508 e. The highest BCUT2D eigenvalue weighted by molar-refractivity contribution is 7.85. The van der Waals surface area contributed by atoms with Crippen LogP contribution in [0.2, 0.25) is 0 Å². The van der Waals surface area contributed by atoms with Crippen LogP contribution in [0.3, 0.4) is 0 Å². The molecule has 0 atom stereocenters. The number of hydrogen-bond acceptors (Lipinski definition) is 6. The summed E-state index contributed by atoms with van der Waals surface area (Å²) in [6.45, 7) is 0. The van der Waals surface area contributed by atoms with E-state index >= 15 is 0 Å². The molecule has 7 nitrogen and oxygen atoms in total. The van der Waals surface area contributed by atoms with Gasteiger partial charge in [-0.05, 0) is 36.4 Å². The van der Waals surface area contributed by atoms with Gasteiger partial charge in [0.15, 0.2) is 0 Å². The summed E-state index contributed by atoms with van der Waals surface area (Å²) in [5, 5.41) is 26.2. The highest BCUT2D eigenvalue weighted by atomic mass is 32.2. The fraction of sp³-hybridized carbons (Fsp3) is 0. The summed E-state index contributed by atoms with van der Waals surface area (Å²) in [5.41, 5.74) is 0.492. The zero-order chi connectivity index (χ0) is 14.8. The Kier molecular flexibility index (Phi) is 3.68. The molecular weight excluding hydrogens is 284 g/mol. The van der Waals surface area contributed by atoms with Crippen LogP contribution in [0.4, 0.5) is 11.4 Å². The number of azo groups is 1. The predicted molar refractivity (Wildman–Crippen MR) is 70.2 cm³/mol. The maximum atomic E-state index is 10.8. The number of aromatic hydroxyl groups is 2. The average Bonchev–Trinajstić information content (AvgIpc) is 2.37. The van der Waals surface area contributed by atoms with Gasteiger partial charge in [-0.1, -0.05) is 0 Å². The third-order valence-electron chi connectivity index (χ3n) is 2.37. The summed E-state index contributed by atoms with van der Waals surface area (Å²) in [7, 11) is -4.24. The van der Waals surface area contributed by atoms with Crippen LogP contribution in [-0.2, 0) is 10.1 Å². The van der Waals surface area contributed by atoms with Gasteiger partial charge >= 0.3 is 0 Å². The Hall–Kier alpha value is -2.45. The van der Waals surface area contributed by atoms with Crippen LogP contribution in [0.5, 0.6) is 11.5 Å². The van der Waals surface area contributed by atoms with Crippen molar-refractivity contribution < 1.29 is 23.2 Å². The quantitative estimate of drug-likeness (QED) is 0.594. The van der Waals surface area contributed by atoms with Crippen molar-refractivity contribution in [1.29, 1.82) is 0 Å². The van der Waals surface area contributed by atoms with Crippen molar-refractivity contribution in [3.05, 3.63) is 42.5 Å². The molecule has 0 radical (unpaired) electrons. The molecule has 3 N–H and O–H groups in total. The Morgan fingerprint density at radius 2 is 1.55 bits per heavy atom. The van der Waals surface area contributed by atoms with Gasteiger partial charge in [0.05, 0.1) is 10.6 Å². The average molecular weight is 294 g/mol. The minimum Gasteiger partial charge on any atom is -0.508 e. The fourth-order valence-electron chi connectivity index (χ4n) is 1.39. The Morgan fingerprint density at radius 3 is 2.10 bits per heavy atom. The van der Waals surface area contributed by atoms with E-state index in [1.807, 2.05) is 0 Å². The number of nitrogens with zero attached hydrogens (tertiary/aromatic N) is 2. The van der Waals surface area contributed by atoms with E-state index in [0.717, 1.165) is 6.07 Å². The Balaban J connectivity index is 2.24. The monoisotopic (exact) mass is 294 g/mol. The molecule has 2 rings (SSSR count). The number of benzene rings is 2. The van der Waals surface area contributed by atoms with E-state index in [4.69, 9.17) is 9.66 Å². The van der Waals surface area contributed by atoms with E-state index in [1.54, 1.807) is 0 Å². The topological polar surface area (TPSA) is 120 Å². The van der Waals surface area contributed by atoms with Crippen LogP contribution < -0.4 is 0 Å². The molecule has 0 aromatic heterocycles. The zero-order valence-electron chi connectivity index (χ0n) is 10.0. The smallest absolute Gasteiger partial charge is 0.294 e. The van der Waals surface area contributed by atoms with E-state index in [0.29, 0.717) is 5.69 Å². The van der Waals surface area contributed by atoms with Gasteiger partial charge in [0.2, 0.25) is 0 Å². The SMILES string of the molecule is O=S(=O)(O)c1ccc(/N=N/c2ccc(O)cc2O)cc1. The van der Waals surface area contributed by atoms with Crippen molar-refractivity contribution in [3.63, 3.8) is 0 Å². The minimum absolute atomic E-state index is 0.0982. The highest BCUT2D eigenvalue weighted by Gasteiger charge is 2.08. The molecule has 0 saturated carbocycles. The second-order valence-electron chi connectivity index (χ2n) is 3.84. The van der Waals surface area contributed by atoms with E-state index in [2.05, 4.69) is 10.2 Å². The molecule has 0 bridgehead atoms. The summed E-state index contributed by atoms with van der Waals surface area (Å²) in [6, 6.07) is 8.90. The molecule has 0 saturated heterocycles. The summed E-state index contributed by atoms with van der Waals surface area (Å²) in [4.78, 5) is -0.246. The predicted octanol–water partition coefficient (Wildman–Crippen LogP) is 2.76. The standard InChI is InChI=1S/C12H10N2O5S/c15-9-3-6-11(12(16)7-9)14-13-8-1-4-10(5-2-8)20(17,18)19/h1-7,15-16H,(H,17,18,19)/b14-13+. The molecule has 2 aromatic rings. The van der Waals surface area contributed by atoms with Gasteiger partial charge in [0.25, 0.3) is 10.1 Å². The molecule has 0 aliphatic carbocycles. The van der Waals surface area contributed by atoms with Crippen LogP contribution in [-0.4, -0.2) is 23.2 Å². The summed E-state index contributed by atoms with van der Waals surface area (Å²) < 4.78 is 30.5. The van der Waals surface area contributed by atoms with Gasteiger partial charge in [-0.3, -0.25) is 4.55 Å². The van der Waals surface area contributed by atoms with Gasteiger partial charge in [0.1, 0.15) is 17.2 Å². The van der Waals surface area contributed by atoms with Crippen LogP contribution in [0.1, 0.15) is 0 Å². The van der Waals surface area contributed by atoms with Crippen molar-refractivity contribution in [2.75, 3.05) is 0 Å². The van der Waals surface area contributed by atoms with E-state index in [-0.39, 0.29) is 22.1 Å². The lowest BCUT2D eigenvalue weighted by molar-refractivity contribution is 0.451. The first kappa shape index (κ1) is 14.0. The van der Waals surface area contributed by atoms with Gasteiger partial charge in [-0.25, -0.2) is 0 Å². The lowest BCUT2D eigenvalue weighted by Crippen LogP contribution is -1.96. The molecule has 0 aliphatic rings. The molecule has 8 heteroatoms. The molecule has 0 heterocycles. The van der Waals surface area contributed by atoms with Gasteiger partial charge < -0.3 is 10.2 Å². The number of hydrogen-bond donors (Lipinski definition) is 3. The molecular formula is C12H10N2O5S. The van der Waals surface area contributed by atoms with Crippen LogP contribution >= 0.6 is 0 Å². The third-order valence-corrected chi connectivity index (χ3v) is 3.23. The van der Waals surface area contributed by atoms with Crippen LogP contribution in [0.15, 0.2) is 57.6 Å². The molecule has 0 amide bonds. The van der Waals surface area contributed by atoms with Gasteiger partial charge in [0, 0.05) is 6.07 Å². The molecule has 2 aromatic carbocycles. The Morgan fingerprint density at radius 1 is 0.900 bits per heavy atom. The minimum atomic E-state index is -4.24. The first-order valence-electron chi connectivity index (χ1n) is 5.37.